The van der Waals surface area contributed by atoms with Crippen molar-refractivity contribution in [2.75, 3.05) is 26.4 Å². The summed E-state index contributed by atoms with van der Waals surface area (Å²) in [5, 5.41) is 15.2. The van der Waals surface area contributed by atoms with Crippen LogP contribution in [-0.2, 0) is 9.47 Å². The maximum atomic E-state index is 10.3. The molecular weight excluding hydrogens is 224 g/mol. The van der Waals surface area contributed by atoms with Crippen LogP contribution in [0.5, 0.6) is 0 Å². The van der Waals surface area contributed by atoms with Crippen LogP contribution >= 0.6 is 0 Å². The van der Waals surface area contributed by atoms with Crippen molar-refractivity contribution in [3.8, 4) is 0 Å². The van der Waals surface area contributed by atoms with Crippen LogP contribution in [0, 0.1) is 0 Å². The van der Waals surface area contributed by atoms with Gasteiger partial charge in [-0.05, 0) is 0 Å². The number of nitrogens with one attached hydrogen (secondary N) is 2. The van der Waals surface area contributed by atoms with Gasteiger partial charge >= 0.3 is 12.2 Å². The Kier molecular flexibility index (Phi) is 14.0. The van der Waals surface area contributed by atoms with Gasteiger partial charge in [0.15, 0.2) is 0 Å². The Labute approximate surface area is 91.4 Å². The first-order valence-corrected chi connectivity index (χ1v) is 4.10. The minimum absolute atomic E-state index is 0.0869. The minimum atomic E-state index is -0.799. The van der Waals surface area contributed by atoms with Gasteiger partial charge in [0.25, 0.3) is 0 Å². The summed E-state index contributed by atoms with van der Waals surface area (Å²) in [6.45, 7) is -0.424. The van der Waals surface area contributed by atoms with E-state index in [9.17, 15) is 9.59 Å². The molecule has 0 aromatic carbocycles. The second-order valence-electron chi connectivity index (χ2n) is 2.01. The summed E-state index contributed by atoms with van der Waals surface area (Å²) in [4.78, 5) is 20.6. The predicted molar refractivity (Wildman–Crippen MR) is 51.5 cm³/mol. The molecule has 0 spiro atoms. The van der Waals surface area contributed by atoms with Gasteiger partial charge < -0.3 is 19.7 Å². The quantitative estimate of drug-likeness (QED) is 0.132. The highest BCUT2D eigenvalue weighted by molar-refractivity contribution is 5.67. The Hall–Kier alpha value is -1.62. The number of carbonyl (C=O) groups excluding carboxylic acids is 2. The number of hydrogen-bond donors (Lipinski definition) is 6. The number of nitrogens with two attached hydrogens (primary N) is 2. The summed E-state index contributed by atoms with van der Waals surface area (Å²) >= 11 is 0. The Bertz CT molecular complexity index is 170. The van der Waals surface area contributed by atoms with E-state index in [1.54, 1.807) is 10.9 Å². The van der Waals surface area contributed by atoms with Gasteiger partial charge in [0, 0.05) is 0 Å². The van der Waals surface area contributed by atoms with Crippen LogP contribution in [0.25, 0.3) is 0 Å². The number of hydrogen-bond acceptors (Lipinski definition) is 8. The first-order chi connectivity index (χ1) is 7.62. The van der Waals surface area contributed by atoms with Gasteiger partial charge in [-0.2, -0.15) is 0 Å². The molecule has 0 aromatic heterocycles. The molecule has 16 heavy (non-hydrogen) atoms. The summed E-state index contributed by atoms with van der Waals surface area (Å²) in [7, 11) is 0. The molecule has 0 saturated carbocycles. The molecular formula is C6H16N4O6. The molecule has 8 N–H and O–H groups in total. The molecule has 0 fully saturated rings. The van der Waals surface area contributed by atoms with Crippen LogP contribution < -0.4 is 22.5 Å². The molecule has 10 nitrogen and oxygen atoms in total. The van der Waals surface area contributed by atoms with E-state index in [-0.39, 0.29) is 26.4 Å². The van der Waals surface area contributed by atoms with Crippen molar-refractivity contribution in [1.29, 1.82) is 0 Å². The number of ether oxygens (including phenoxy) is 2. The van der Waals surface area contributed by atoms with Gasteiger partial charge in [0.2, 0.25) is 0 Å². The summed E-state index contributed by atoms with van der Waals surface area (Å²) in [6.07, 6.45) is -1.60. The number of amides is 2. The van der Waals surface area contributed by atoms with E-state index in [1.807, 2.05) is 0 Å². The largest absolute Gasteiger partial charge is 0.445 e. The van der Waals surface area contributed by atoms with E-state index in [1.165, 1.54) is 0 Å². The zero-order valence-corrected chi connectivity index (χ0v) is 8.51. The highest BCUT2D eigenvalue weighted by Crippen LogP contribution is 1.79. The van der Waals surface area contributed by atoms with Gasteiger partial charge in [-0.3, -0.25) is 10.9 Å². The van der Waals surface area contributed by atoms with Gasteiger partial charge in [0.1, 0.15) is 13.2 Å². The van der Waals surface area contributed by atoms with Crippen molar-refractivity contribution < 1.29 is 29.3 Å². The molecule has 0 bridgehead atoms. The normalized spacial score (nSPS) is 8.25. The fourth-order valence-electron chi connectivity index (χ4n) is 0.352. The molecule has 0 aromatic rings. The molecule has 0 aliphatic heterocycles. The summed E-state index contributed by atoms with van der Waals surface area (Å²) in [6, 6.07) is 0. The van der Waals surface area contributed by atoms with Crippen LogP contribution in [0.3, 0.4) is 0 Å². The van der Waals surface area contributed by atoms with E-state index < -0.39 is 12.2 Å². The predicted octanol–water partition coefficient (Wildman–Crippen LogP) is -2.84. The van der Waals surface area contributed by atoms with E-state index in [0.717, 1.165) is 0 Å². The second-order valence-corrected chi connectivity index (χ2v) is 2.01. The van der Waals surface area contributed by atoms with E-state index in [4.69, 9.17) is 10.2 Å². The molecule has 0 saturated heterocycles. The van der Waals surface area contributed by atoms with E-state index in [2.05, 4.69) is 21.2 Å². The van der Waals surface area contributed by atoms with Crippen molar-refractivity contribution in [2.24, 2.45) is 11.7 Å². The first-order valence-electron chi connectivity index (χ1n) is 4.10. The van der Waals surface area contributed by atoms with E-state index in [0.29, 0.717) is 0 Å². The smallest absolute Gasteiger partial charge is 0.421 e. The second kappa shape index (κ2) is 13.4. The Morgan fingerprint density at radius 1 is 0.938 bits per heavy atom. The average molecular weight is 240 g/mol. The molecule has 0 aliphatic rings. The lowest BCUT2D eigenvalue weighted by atomic mass is 10.8. The maximum Gasteiger partial charge on any atom is 0.421 e. The zero-order chi connectivity index (χ0) is 12.8. The molecule has 0 rings (SSSR count). The molecule has 2 amide bonds. The first kappa shape index (κ1) is 16.8. The summed E-state index contributed by atoms with van der Waals surface area (Å²) in [5.74, 6) is 9.35. The number of carbonyl (C=O) groups is 2. The maximum absolute atomic E-state index is 10.3. The monoisotopic (exact) mass is 240 g/mol. The Morgan fingerprint density at radius 2 is 1.25 bits per heavy atom. The van der Waals surface area contributed by atoms with Crippen LogP contribution in [0.2, 0.25) is 0 Å². The van der Waals surface area contributed by atoms with Crippen LogP contribution in [0.15, 0.2) is 0 Å². The highest BCUT2D eigenvalue weighted by Gasteiger charge is 2.00. The molecule has 0 heterocycles. The minimum Gasteiger partial charge on any atom is -0.445 e. The Morgan fingerprint density at radius 3 is 1.44 bits per heavy atom. The van der Waals surface area contributed by atoms with Crippen molar-refractivity contribution >= 4 is 12.2 Å². The van der Waals surface area contributed by atoms with Crippen molar-refractivity contribution in [3.05, 3.63) is 0 Å². The standard InChI is InChI=1S/C4H10N4O4.C2H6O2/c5-7-3(9)11-1-2-12-4(10)8-6;3-1-2-4/h1-2,5-6H2,(H,7,9)(H,8,10);3-4H,1-2H2. The molecule has 0 unspecified atom stereocenters. The fourth-order valence-corrected chi connectivity index (χ4v) is 0.352. The van der Waals surface area contributed by atoms with Crippen molar-refractivity contribution in [3.63, 3.8) is 0 Å². The van der Waals surface area contributed by atoms with Gasteiger partial charge in [0.05, 0.1) is 13.2 Å². The molecule has 0 atom stereocenters. The Balaban J connectivity index is 0. The molecule has 0 radical (unpaired) electrons. The number of aliphatic hydroxyl groups is 2. The lowest BCUT2D eigenvalue weighted by Gasteiger charge is -2.04. The van der Waals surface area contributed by atoms with Crippen LogP contribution in [0.4, 0.5) is 9.59 Å². The van der Waals surface area contributed by atoms with Crippen molar-refractivity contribution in [2.45, 2.75) is 0 Å². The topological polar surface area (TPSA) is 169 Å². The summed E-state index contributed by atoms with van der Waals surface area (Å²) < 4.78 is 8.73. The van der Waals surface area contributed by atoms with E-state index >= 15 is 0 Å². The number of aliphatic hydroxyl groups excluding tert-OH is 2. The molecule has 96 valence electrons. The average Bonchev–Trinajstić information content (AvgIpc) is 2.34. The van der Waals surface area contributed by atoms with Crippen LogP contribution in [0.1, 0.15) is 0 Å². The number of hydrazine groups is 2. The van der Waals surface area contributed by atoms with Gasteiger partial charge in [-0.1, -0.05) is 0 Å². The third-order valence-corrected chi connectivity index (χ3v) is 0.885. The molecule has 0 aliphatic carbocycles. The fraction of sp³-hybridized carbons (Fsp3) is 0.667. The lowest BCUT2D eigenvalue weighted by Crippen LogP contribution is -2.33. The molecule has 10 heteroatoms. The highest BCUT2D eigenvalue weighted by atomic mass is 16.6. The third-order valence-electron chi connectivity index (χ3n) is 0.885. The van der Waals surface area contributed by atoms with Gasteiger partial charge in [-0.15, -0.1) is 0 Å². The zero-order valence-electron chi connectivity index (χ0n) is 8.51. The number of rotatable bonds is 4. The lowest BCUT2D eigenvalue weighted by molar-refractivity contribution is 0.0958. The van der Waals surface area contributed by atoms with Crippen LogP contribution in [-0.4, -0.2) is 48.8 Å². The SMILES string of the molecule is NNC(=O)OCCOC(=O)NN.OCCO. The van der Waals surface area contributed by atoms with Crippen molar-refractivity contribution in [1.82, 2.24) is 10.9 Å². The summed E-state index contributed by atoms with van der Waals surface area (Å²) in [5.41, 5.74) is 3.45. The van der Waals surface area contributed by atoms with Gasteiger partial charge in [-0.25, -0.2) is 21.3 Å². The third kappa shape index (κ3) is 14.9.